The molecule has 1 unspecified atom stereocenters. The van der Waals surface area contributed by atoms with Gasteiger partial charge in [-0.05, 0) is 44.2 Å². The lowest BCUT2D eigenvalue weighted by Gasteiger charge is -2.24. The van der Waals surface area contributed by atoms with Crippen LogP contribution < -0.4 is 5.32 Å². The molecule has 0 amide bonds. The van der Waals surface area contributed by atoms with Crippen molar-refractivity contribution in [2.45, 2.75) is 44.2 Å². The fourth-order valence-electron chi connectivity index (χ4n) is 2.04. The Kier molecular flexibility index (Phi) is 6.45. The van der Waals surface area contributed by atoms with Gasteiger partial charge in [-0.25, -0.2) is 8.42 Å². The monoisotopic (exact) mass is 318 g/mol. The van der Waals surface area contributed by atoms with Crippen molar-refractivity contribution in [2.75, 3.05) is 14.1 Å². The van der Waals surface area contributed by atoms with Crippen LogP contribution in [0.3, 0.4) is 0 Å². The molecule has 4 nitrogen and oxygen atoms in total. The van der Waals surface area contributed by atoms with Gasteiger partial charge in [0.15, 0.2) is 0 Å². The Hall–Kier alpha value is -0.620. The molecule has 0 heterocycles. The minimum Gasteiger partial charge on any atom is -0.316 e. The summed E-state index contributed by atoms with van der Waals surface area (Å²) in [5.74, 6) is 0. The quantitative estimate of drug-likeness (QED) is 0.841. The molecular weight excluding hydrogens is 296 g/mol. The first kappa shape index (κ1) is 17.4. The first-order chi connectivity index (χ1) is 9.34. The molecule has 0 saturated carbocycles. The molecular formula is C14H23ClN2O2S. The molecule has 0 aliphatic carbocycles. The molecule has 1 atom stereocenters. The van der Waals surface area contributed by atoms with Crippen LogP contribution in [0.1, 0.15) is 32.3 Å². The fraction of sp³-hybridized carbons (Fsp3) is 0.571. The minimum atomic E-state index is -3.47. The lowest BCUT2D eigenvalue weighted by molar-refractivity contribution is 0.368. The van der Waals surface area contributed by atoms with E-state index in [2.05, 4.69) is 5.32 Å². The Morgan fingerprint density at radius 2 is 2.05 bits per heavy atom. The van der Waals surface area contributed by atoms with E-state index in [1.807, 2.05) is 13.8 Å². The number of nitrogens with zero attached hydrogens (tertiary/aromatic N) is 1. The second-order valence-electron chi connectivity index (χ2n) is 4.94. The minimum absolute atomic E-state index is 0.0200. The Balaban J connectivity index is 3.12. The van der Waals surface area contributed by atoms with E-state index >= 15 is 0 Å². The summed E-state index contributed by atoms with van der Waals surface area (Å²) in [6, 6.07) is 4.82. The van der Waals surface area contributed by atoms with Crippen molar-refractivity contribution in [1.29, 1.82) is 0 Å². The molecule has 0 fully saturated rings. The third kappa shape index (κ3) is 3.95. The smallest absolute Gasteiger partial charge is 0.243 e. The van der Waals surface area contributed by atoms with Gasteiger partial charge in [0.2, 0.25) is 10.0 Å². The lowest BCUT2D eigenvalue weighted by atomic mass is 10.2. The van der Waals surface area contributed by atoms with Gasteiger partial charge in [0, 0.05) is 24.7 Å². The second kappa shape index (κ2) is 7.41. The van der Waals surface area contributed by atoms with Crippen LogP contribution in [0.4, 0.5) is 0 Å². The molecule has 0 radical (unpaired) electrons. The molecule has 0 saturated heterocycles. The predicted octanol–water partition coefficient (Wildman–Crippen LogP) is 2.87. The molecule has 1 rings (SSSR count). The Bertz CT molecular complexity index is 546. The summed E-state index contributed by atoms with van der Waals surface area (Å²) in [5, 5.41) is 3.55. The van der Waals surface area contributed by atoms with Crippen LogP contribution >= 0.6 is 11.6 Å². The Labute approximate surface area is 127 Å². The van der Waals surface area contributed by atoms with Crippen molar-refractivity contribution in [3.8, 4) is 0 Å². The van der Waals surface area contributed by atoms with Gasteiger partial charge in [0.1, 0.15) is 0 Å². The van der Waals surface area contributed by atoms with Gasteiger partial charge >= 0.3 is 0 Å². The zero-order valence-corrected chi connectivity index (χ0v) is 14.1. The van der Waals surface area contributed by atoms with Gasteiger partial charge in [0.05, 0.1) is 4.90 Å². The van der Waals surface area contributed by atoms with E-state index in [4.69, 9.17) is 11.6 Å². The maximum absolute atomic E-state index is 12.6. The van der Waals surface area contributed by atoms with E-state index in [-0.39, 0.29) is 10.9 Å². The van der Waals surface area contributed by atoms with Crippen LogP contribution in [0.2, 0.25) is 5.02 Å². The molecule has 1 N–H and O–H groups in total. The van der Waals surface area contributed by atoms with Gasteiger partial charge in [0.25, 0.3) is 0 Å². The highest BCUT2D eigenvalue weighted by Gasteiger charge is 2.25. The SMILES string of the molecule is CCCC(C)N(C)S(=O)(=O)c1ccc(Cl)c(CNC)c1. The Morgan fingerprint density at radius 3 is 2.60 bits per heavy atom. The van der Waals surface area contributed by atoms with Crippen LogP contribution in [-0.2, 0) is 16.6 Å². The number of sulfonamides is 1. The molecule has 0 bridgehead atoms. The van der Waals surface area contributed by atoms with Gasteiger partial charge in [-0.2, -0.15) is 4.31 Å². The van der Waals surface area contributed by atoms with E-state index < -0.39 is 10.0 Å². The van der Waals surface area contributed by atoms with Crippen molar-refractivity contribution >= 4 is 21.6 Å². The second-order valence-corrected chi connectivity index (χ2v) is 7.35. The topological polar surface area (TPSA) is 49.4 Å². The van der Waals surface area contributed by atoms with E-state index in [9.17, 15) is 8.42 Å². The van der Waals surface area contributed by atoms with E-state index in [0.717, 1.165) is 18.4 Å². The van der Waals surface area contributed by atoms with Gasteiger partial charge < -0.3 is 5.32 Å². The fourth-order valence-corrected chi connectivity index (χ4v) is 3.67. The van der Waals surface area contributed by atoms with Crippen LogP contribution in [0, 0.1) is 0 Å². The number of rotatable bonds is 7. The van der Waals surface area contributed by atoms with Crippen LogP contribution in [0.25, 0.3) is 0 Å². The zero-order chi connectivity index (χ0) is 15.3. The molecule has 6 heteroatoms. The van der Waals surface area contributed by atoms with E-state index in [0.29, 0.717) is 11.6 Å². The number of hydrogen-bond acceptors (Lipinski definition) is 3. The third-order valence-electron chi connectivity index (χ3n) is 3.39. The Morgan fingerprint density at radius 1 is 1.40 bits per heavy atom. The molecule has 1 aromatic carbocycles. The summed E-state index contributed by atoms with van der Waals surface area (Å²) in [6.45, 7) is 4.51. The molecule has 114 valence electrons. The number of benzene rings is 1. The first-order valence-electron chi connectivity index (χ1n) is 6.75. The first-order valence-corrected chi connectivity index (χ1v) is 8.57. The number of hydrogen-bond donors (Lipinski definition) is 1. The largest absolute Gasteiger partial charge is 0.316 e. The summed E-state index contributed by atoms with van der Waals surface area (Å²) in [5.41, 5.74) is 0.784. The summed E-state index contributed by atoms with van der Waals surface area (Å²) < 4.78 is 26.6. The summed E-state index contributed by atoms with van der Waals surface area (Å²) in [6.07, 6.45) is 1.79. The van der Waals surface area contributed by atoms with Gasteiger partial charge in [-0.15, -0.1) is 0 Å². The predicted molar refractivity (Wildman–Crippen MR) is 83.5 cm³/mol. The third-order valence-corrected chi connectivity index (χ3v) is 5.73. The summed E-state index contributed by atoms with van der Waals surface area (Å²) in [7, 11) is -0.0455. The normalized spacial score (nSPS) is 13.7. The van der Waals surface area contributed by atoms with Crippen LogP contribution in [0.15, 0.2) is 23.1 Å². The highest BCUT2D eigenvalue weighted by atomic mass is 35.5. The maximum Gasteiger partial charge on any atom is 0.243 e. The molecule has 20 heavy (non-hydrogen) atoms. The van der Waals surface area contributed by atoms with Crippen LogP contribution in [-0.4, -0.2) is 32.9 Å². The maximum atomic E-state index is 12.6. The van der Waals surface area contributed by atoms with E-state index in [1.165, 1.54) is 4.31 Å². The molecule has 0 spiro atoms. The highest BCUT2D eigenvalue weighted by Crippen LogP contribution is 2.24. The van der Waals surface area contributed by atoms with Gasteiger partial charge in [-0.1, -0.05) is 24.9 Å². The average molecular weight is 319 g/mol. The number of nitrogens with one attached hydrogen (secondary N) is 1. The molecule has 1 aromatic rings. The number of halogens is 1. The van der Waals surface area contributed by atoms with Crippen molar-refractivity contribution < 1.29 is 8.42 Å². The standard InChI is InChI=1S/C14H23ClN2O2S/c1-5-6-11(2)17(4)20(18,19)13-7-8-14(15)12(9-13)10-16-3/h7-9,11,16H,5-6,10H2,1-4H3. The van der Waals surface area contributed by atoms with Crippen molar-refractivity contribution in [2.24, 2.45) is 0 Å². The summed E-state index contributed by atoms with van der Waals surface area (Å²) >= 11 is 6.07. The lowest BCUT2D eigenvalue weighted by Crippen LogP contribution is -2.35. The van der Waals surface area contributed by atoms with Gasteiger partial charge in [-0.3, -0.25) is 0 Å². The molecule has 0 aliphatic rings. The summed E-state index contributed by atoms with van der Waals surface area (Å²) in [4.78, 5) is 0.289. The van der Waals surface area contributed by atoms with Crippen molar-refractivity contribution in [3.63, 3.8) is 0 Å². The zero-order valence-electron chi connectivity index (χ0n) is 12.5. The highest BCUT2D eigenvalue weighted by molar-refractivity contribution is 7.89. The van der Waals surface area contributed by atoms with Crippen molar-refractivity contribution in [1.82, 2.24) is 9.62 Å². The van der Waals surface area contributed by atoms with E-state index in [1.54, 1.807) is 32.3 Å². The molecule has 0 aromatic heterocycles. The van der Waals surface area contributed by atoms with Crippen LogP contribution in [0.5, 0.6) is 0 Å². The molecule has 0 aliphatic heterocycles. The average Bonchev–Trinajstić information content (AvgIpc) is 2.40. The van der Waals surface area contributed by atoms with Crippen molar-refractivity contribution in [3.05, 3.63) is 28.8 Å².